The highest BCUT2D eigenvalue weighted by Gasteiger charge is 2.14. The molecule has 1 aromatic rings. The molecule has 6 heteroatoms. The van der Waals surface area contributed by atoms with Gasteiger partial charge in [0.15, 0.2) is 5.75 Å². The SMILES string of the molecule is CCOC(=O)/C=C/c1ccc(OC)c([N+](=O)[O-])c1. The average Bonchev–Trinajstić information content (AvgIpc) is 2.36. The summed E-state index contributed by atoms with van der Waals surface area (Å²) in [6.45, 7) is 1.98. The predicted octanol–water partition coefficient (Wildman–Crippen LogP) is 2.18. The molecule has 0 aliphatic carbocycles. The van der Waals surface area contributed by atoms with Crippen LogP contribution < -0.4 is 4.74 Å². The van der Waals surface area contributed by atoms with Crippen LogP contribution in [0.2, 0.25) is 0 Å². The number of hydrogen-bond donors (Lipinski definition) is 0. The third kappa shape index (κ3) is 3.58. The first-order chi connectivity index (χ1) is 8.58. The lowest BCUT2D eigenvalue weighted by Crippen LogP contribution is -1.98. The summed E-state index contributed by atoms with van der Waals surface area (Å²) in [4.78, 5) is 21.3. The summed E-state index contributed by atoms with van der Waals surface area (Å²) in [5.74, 6) is -0.316. The third-order valence-electron chi connectivity index (χ3n) is 2.10. The number of rotatable bonds is 5. The van der Waals surface area contributed by atoms with Crippen LogP contribution in [-0.2, 0) is 9.53 Å². The molecule has 0 saturated carbocycles. The summed E-state index contributed by atoms with van der Waals surface area (Å²) >= 11 is 0. The van der Waals surface area contributed by atoms with E-state index >= 15 is 0 Å². The van der Waals surface area contributed by atoms with E-state index < -0.39 is 10.9 Å². The molecule has 0 saturated heterocycles. The van der Waals surface area contributed by atoms with Crippen molar-refractivity contribution in [3.05, 3.63) is 40.0 Å². The van der Waals surface area contributed by atoms with Crippen molar-refractivity contribution in [2.24, 2.45) is 0 Å². The van der Waals surface area contributed by atoms with Crippen LogP contribution in [-0.4, -0.2) is 24.6 Å². The zero-order valence-corrected chi connectivity index (χ0v) is 10.1. The van der Waals surface area contributed by atoms with Crippen LogP contribution >= 0.6 is 0 Å². The number of hydrogen-bond acceptors (Lipinski definition) is 5. The van der Waals surface area contributed by atoms with Gasteiger partial charge >= 0.3 is 11.7 Å². The Morgan fingerprint density at radius 1 is 1.50 bits per heavy atom. The van der Waals surface area contributed by atoms with Gasteiger partial charge in [0.05, 0.1) is 18.6 Å². The predicted molar refractivity (Wildman–Crippen MR) is 65.3 cm³/mol. The number of benzene rings is 1. The van der Waals surface area contributed by atoms with Gasteiger partial charge < -0.3 is 9.47 Å². The van der Waals surface area contributed by atoms with Crippen LogP contribution in [0.25, 0.3) is 6.08 Å². The molecule has 0 unspecified atom stereocenters. The maximum absolute atomic E-state index is 11.1. The molecule has 0 heterocycles. The number of nitro groups is 1. The van der Waals surface area contributed by atoms with Crippen molar-refractivity contribution in [1.29, 1.82) is 0 Å². The van der Waals surface area contributed by atoms with E-state index in [9.17, 15) is 14.9 Å². The van der Waals surface area contributed by atoms with Crippen molar-refractivity contribution in [3.63, 3.8) is 0 Å². The second-order valence-corrected chi connectivity index (χ2v) is 3.27. The molecule has 0 bridgehead atoms. The standard InChI is InChI=1S/C12H13NO5/c1-3-18-12(14)7-5-9-4-6-11(17-2)10(8-9)13(15)16/h4-8H,3H2,1-2H3/b7-5+. The van der Waals surface area contributed by atoms with Gasteiger partial charge in [0.1, 0.15) is 0 Å². The lowest BCUT2D eigenvalue weighted by molar-refractivity contribution is -0.385. The van der Waals surface area contributed by atoms with Crippen molar-refractivity contribution in [2.45, 2.75) is 6.92 Å². The second kappa shape index (κ2) is 6.39. The van der Waals surface area contributed by atoms with Crippen LogP contribution in [0.1, 0.15) is 12.5 Å². The van der Waals surface area contributed by atoms with E-state index in [0.29, 0.717) is 5.56 Å². The van der Waals surface area contributed by atoms with Gasteiger partial charge in [-0.1, -0.05) is 6.07 Å². The fraction of sp³-hybridized carbons (Fsp3) is 0.250. The number of nitro benzene ring substituents is 1. The molecule has 0 fully saturated rings. The monoisotopic (exact) mass is 251 g/mol. The highest BCUT2D eigenvalue weighted by Crippen LogP contribution is 2.27. The molecule has 0 aliphatic heterocycles. The zero-order chi connectivity index (χ0) is 13.5. The molecule has 18 heavy (non-hydrogen) atoms. The maximum Gasteiger partial charge on any atom is 0.330 e. The Labute approximate surface area is 104 Å². The van der Waals surface area contributed by atoms with Crippen LogP contribution in [0.4, 0.5) is 5.69 Å². The summed E-state index contributed by atoms with van der Waals surface area (Å²) < 4.78 is 9.57. The van der Waals surface area contributed by atoms with Crippen LogP contribution in [0.3, 0.4) is 0 Å². The molecule has 6 nitrogen and oxygen atoms in total. The van der Waals surface area contributed by atoms with Gasteiger partial charge in [-0.2, -0.15) is 0 Å². The van der Waals surface area contributed by atoms with Crippen molar-refractivity contribution in [1.82, 2.24) is 0 Å². The Kier molecular flexibility index (Phi) is 4.86. The molecular weight excluding hydrogens is 238 g/mol. The Hall–Kier alpha value is -2.37. The van der Waals surface area contributed by atoms with E-state index in [1.165, 1.54) is 31.4 Å². The lowest BCUT2D eigenvalue weighted by atomic mass is 10.1. The first-order valence-corrected chi connectivity index (χ1v) is 5.25. The number of esters is 1. The minimum Gasteiger partial charge on any atom is -0.490 e. The van der Waals surface area contributed by atoms with E-state index in [1.54, 1.807) is 13.0 Å². The van der Waals surface area contributed by atoms with Gasteiger partial charge in [-0.15, -0.1) is 0 Å². The van der Waals surface area contributed by atoms with Crippen molar-refractivity contribution in [2.75, 3.05) is 13.7 Å². The third-order valence-corrected chi connectivity index (χ3v) is 2.10. The van der Waals surface area contributed by atoms with Crippen LogP contribution in [0, 0.1) is 10.1 Å². The molecule has 0 radical (unpaired) electrons. The number of ether oxygens (including phenoxy) is 2. The average molecular weight is 251 g/mol. The quantitative estimate of drug-likeness (QED) is 0.347. The number of carbonyl (C=O) groups is 1. The number of methoxy groups -OCH3 is 1. The topological polar surface area (TPSA) is 78.7 Å². The molecule has 1 rings (SSSR count). The minimum absolute atomic E-state index is 0.150. The number of carbonyl (C=O) groups excluding carboxylic acids is 1. The summed E-state index contributed by atoms with van der Waals surface area (Å²) in [5.41, 5.74) is 0.374. The Morgan fingerprint density at radius 3 is 2.78 bits per heavy atom. The molecule has 0 spiro atoms. The van der Waals surface area contributed by atoms with Gasteiger partial charge in [-0.05, 0) is 24.6 Å². The molecular formula is C12H13NO5. The first-order valence-electron chi connectivity index (χ1n) is 5.25. The molecule has 0 aliphatic rings. The van der Waals surface area contributed by atoms with E-state index in [1.807, 2.05) is 0 Å². The van der Waals surface area contributed by atoms with Crippen LogP contribution in [0.5, 0.6) is 5.75 Å². The van der Waals surface area contributed by atoms with Crippen LogP contribution in [0.15, 0.2) is 24.3 Å². The molecule has 0 N–H and O–H groups in total. The molecule has 1 aromatic carbocycles. The van der Waals surface area contributed by atoms with E-state index in [-0.39, 0.29) is 18.0 Å². The Morgan fingerprint density at radius 2 is 2.22 bits per heavy atom. The first kappa shape index (κ1) is 13.7. The van der Waals surface area contributed by atoms with Gasteiger partial charge in [-0.3, -0.25) is 10.1 Å². The normalized spacial score (nSPS) is 10.3. The van der Waals surface area contributed by atoms with E-state index in [0.717, 1.165) is 0 Å². The van der Waals surface area contributed by atoms with Gasteiger partial charge in [0, 0.05) is 12.1 Å². The Balaban J connectivity index is 2.95. The fourth-order valence-corrected chi connectivity index (χ4v) is 1.31. The minimum atomic E-state index is -0.541. The molecule has 96 valence electrons. The van der Waals surface area contributed by atoms with Gasteiger partial charge in [-0.25, -0.2) is 4.79 Å². The van der Waals surface area contributed by atoms with Crippen molar-refractivity contribution in [3.8, 4) is 5.75 Å². The summed E-state index contributed by atoms with van der Waals surface area (Å²) in [6, 6.07) is 4.42. The summed E-state index contributed by atoms with van der Waals surface area (Å²) in [7, 11) is 1.36. The van der Waals surface area contributed by atoms with Gasteiger partial charge in [0.2, 0.25) is 0 Å². The van der Waals surface area contributed by atoms with Crippen molar-refractivity contribution >= 4 is 17.7 Å². The zero-order valence-electron chi connectivity index (χ0n) is 10.1. The molecule has 0 aromatic heterocycles. The largest absolute Gasteiger partial charge is 0.490 e. The Bertz CT molecular complexity index is 481. The highest BCUT2D eigenvalue weighted by molar-refractivity contribution is 5.87. The van der Waals surface area contributed by atoms with Gasteiger partial charge in [0.25, 0.3) is 0 Å². The smallest absolute Gasteiger partial charge is 0.330 e. The van der Waals surface area contributed by atoms with E-state index in [2.05, 4.69) is 0 Å². The maximum atomic E-state index is 11.1. The second-order valence-electron chi connectivity index (χ2n) is 3.27. The molecule has 0 atom stereocenters. The highest BCUT2D eigenvalue weighted by atomic mass is 16.6. The summed E-state index contributed by atoms with van der Waals surface area (Å²) in [6.07, 6.45) is 2.67. The number of nitrogens with zero attached hydrogens (tertiary/aromatic N) is 1. The fourth-order valence-electron chi connectivity index (χ4n) is 1.31. The lowest BCUT2D eigenvalue weighted by Gasteiger charge is -2.02. The van der Waals surface area contributed by atoms with E-state index in [4.69, 9.17) is 9.47 Å². The summed E-state index contributed by atoms with van der Waals surface area (Å²) in [5, 5.41) is 10.8. The van der Waals surface area contributed by atoms with Crippen molar-refractivity contribution < 1.29 is 19.2 Å². The molecule has 0 amide bonds.